The molecule has 0 radical (unpaired) electrons. The normalized spacial score (nSPS) is 17.3. The molecule has 2 aromatic carbocycles. The quantitative estimate of drug-likeness (QED) is 0.763. The van der Waals surface area contributed by atoms with Crippen molar-refractivity contribution in [3.8, 4) is 5.75 Å². The fourth-order valence-electron chi connectivity index (χ4n) is 3.53. The van der Waals surface area contributed by atoms with Crippen molar-refractivity contribution >= 4 is 17.5 Å². The number of carbonyl (C=O) groups is 1. The minimum Gasteiger partial charge on any atom is -0.497 e. The molecule has 138 valence electrons. The van der Waals surface area contributed by atoms with Crippen molar-refractivity contribution in [2.45, 2.75) is 25.4 Å². The lowest BCUT2D eigenvalue weighted by atomic mass is 10.0. The van der Waals surface area contributed by atoms with E-state index in [-0.39, 0.29) is 11.9 Å². The van der Waals surface area contributed by atoms with Crippen molar-refractivity contribution in [2.24, 2.45) is 0 Å². The number of ether oxygens (including phenoxy) is 1. The zero-order valence-corrected chi connectivity index (χ0v) is 16.1. The Balaban J connectivity index is 1.63. The highest BCUT2D eigenvalue weighted by Crippen LogP contribution is 2.33. The van der Waals surface area contributed by atoms with Crippen LogP contribution in [0, 0.1) is 0 Å². The summed E-state index contributed by atoms with van der Waals surface area (Å²) in [6, 6.07) is 16.1. The first-order valence-corrected chi connectivity index (χ1v) is 9.31. The van der Waals surface area contributed by atoms with Crippen molar-refractivity contribution in [3.05, 3.63) is 64.7 Å². The van der Waals surface area contributed by atoms with E-state index in [1.807, 2.05) is 43.4 Å². The molecule has 1 aliphatic rings. The van der Waals surface area contributed by atoms with Crippen LogP contribution in [0.1, 0.15) is 30.0 Å². The van der Waals surface area contributed by atoms with Gasteiger partial charge in [0.1, 0.15) is 5.75 Å². The first kappa shape index (κ1) is 18.7. The van der Waals surface area contributed by atoms with E-state index in [1.54, 1.807) is 12.0 Å². The summed E-state index contributed by atoms with van der Waals surface area (Å²) in [6.45, 7) is 1.94. The molecule has 3 rings (SSSR count). The maximum Gasteiger partial charge on any atom is 0.236 e. The van der Waals surface area contributed by atoms with Gasteiger partial charge in [0.05, 0.1) is 13.7 Å². The maximum atomic E-state index is 12.7. The Kier molecular flexibility index (Phi) is 6.17. The lowest BCUT2D eigenvalue weighted by Gasteiger charge is -2.27. The van der Waals surface area contributed by atoms with Crippen molar-refractivity contribution in [1.82, 2.24) is 9.80 Å². The van der Waals surface area contributed by atoms with Crippen LogP contribution in [0.15, 0.2) is 48.5 Å². The number of likely N-dealkylation sites (N-methyl/N-ethyl adjacent to an activating group) is 1. The van der Waals surface area contributed by atoms with Gasteiger partial charge in [-0.1, -0.05) is 35.9 Å². The molecular weight excluding hydrogens is 348 g/mol. The van der Waals surface area contributed by atoms with Gasteiger partial charge in [-0.2, -0.15) is 0 Å². The second-order valence-electron chi connectivity index (χ2n) is 6.78. The van der Waals surface area contributed by atoms with Crippen LogP contribution in [0.3, 0.4) is 0 Å². The molecule has 1 amide bonds. The molecule has 1 fully saturated rings. The second-order valence-corrected chi connectivity index (χ2v) is 7.22. The third-order valence-electron chi connectivity index (χ3n) is 4.92. The second kappa shape index (κ2) is 8.56. The van der Waals surface area contributed by atoms with Gasteiger partial charge >= 0.3 is 0 Å². The summed E-state index contributed by atoms with van der Waals surface area (Å²) >= 11 is 6.04. The Morgan fingerprint density at radius 1 is 1.27 bits per heavy atom. The minimum atomic E-state index is 0.125. The Hall–Kier alpha value is -2.04. The molecule has 0 bridgehead atoms. The van der Waals surface area contributed by atoms with Gasteiger partial charge in [0.15, 0.2) is 0 Å². The lowest BCUT2D eigenvalue weighted by molar-refractivity contribution is -0.131. The summed E-state index contributed by atoms with van der Waals surface area (Å²) in [4.78, 5) is 16.8. The van der Waals surface area contributed by atoms with Crippen molar-refractivity contribution in [2.75, 3.05) is 27.2 Å². The average Bonchev–Trinajstić information content (AvgIpc) is 3.10. The van der Waals surface area contributed by atoms with E-state index in [0.29, 0.717) is 18.1 Å². The topological polar surface area (TPSA) is 32.8 Å². The SMILES string of the molecule is COc1cccc(C2CCCN2CC(=O)N(C)Cc2cccc(Cl)c2)c1. The van der Waals surface area contributed by atoms with E-state index >= 15 is 0 Å². The van der Waals surface area contributed by atoms with Gasteiger partial charge in [0.25, 0.3) is 0 Å². The molecule has 26 heavy (non-hydrogen) atoms. The fraction of sp³-hybridized carbons (Fsp3) is 0.381. The van der Waals surface area contributed by atoms with Gasteiger partial charge in [-0.3, -0.25) is 9.69 Å². The average molecular weight is 373 g/mol. The van der Waals surface area contributed by atoms with E-state index in [9.17, 15) is 4.79 Å². The zero-order valence-electron chi connectivity index (χ0n) is 15.3. The lowest BCUT2D eigenvalue weighted by Crippen LogP contribution is -2.37. The van der Waals surface area contributed by atoms with Crippen LogP contribution in [0.2, 0.25) is 5.02 Å². The van der Waals surface area contributed by atoms with Gasteiger partial charge in [0.2, 0.25) is 5.91 Å². The predicted octanol–water partition coefficient (Wildman–Crippen LogP) is 4.14. The van der Waals surface area contributed by atoms with Gasteiger partial charge in [-0.25, -0.2) is 0 Å². The predicted molar refractivity (Wildman–Crippen MR) is 104 cm³/mol. The molecule has 1 unspecified atom stereocenters. The number of methoxy groups -OCH3 is 1. The molecule has 4 nitrogen and oxygen atoms in total. The number of amides is 1. The number of carbonyl (C=O) groups excluding carboxylic acids is 1. The van der Waals surface area contributed by atoms with Crippen LogP contribution in [0.4, 0.5) is 0 Å². The summed E-state index contributed by atoms with van der Waals surface area (Å²) in [6.07, 6.45) is 2.17. The highest BCUT2D eigenvalue weighted by molar-refractivity contribution is 6.30. The van der Waals surface area contributed by atoms with Crippen molar-refractivity contribution in [1.29, 1.82) is 0 Å². The number of halogens is 1. The highest BCUT2D eigenvalue weighted by atomic mass is 35.5. The Labute approximate surface area is 160 Å². The summed E-state index contributed by atoms with van der Waals surface area (Å²) in [5, 5.41) is 0.695. The summed E-state index contributed by atoms with van der Waals surface area (Å²) < 4.78 is 5.34. The molecule has 1 heterocycles. The molecular formula is C21H25ClN2O2. The number of rotatable bonds is 6. The van der Waals surface area contributed by atoms with E-state index in [2.05, 4.69) is 17.0 Å². The minimum absolute atomic E-state index is 0.125. The number of benzene rings is 2. The van der Waals surface area contributed by atoms with Crippen LogP contribution in [-0.2, 0) is 11.3 Å². The Morgan fingerprint density at radius 3 is 2.85 bits per heavy atom. The summed E-state index contributed by atoms with van der Waals surface area (Å²) in [5.74, 6) is 0.985. The summed E-state index contributed by atoms with van der Waals surface area (Å²) in [7, 11) is 3.53. The monoisotopic (exact) mass is 372 g/mol. The Bertz CT molecular complexity index is 765. The van der Waals surface area contributed by atoms with Crippen molar-refractivity contribution < 1.29 is 9.53 Å². The molecule has 1 atom stereocenters. The molecule has 0 aromatic heterocycles. The maximum absolute atomic E-state index is 12.7. The number of likely N-dealkylation sites (tertiary alicyclic amines) is 1. The van der Waals surface area contributed by atoms with Crippen LogP contribution < -0.4 is 4.74 Å². The molecule has 0 aliphatic carbocycles. The molecule has 0 saturated carbocycles. The molecule has 5 heteroatoms. The van der Waals surface area contributed by atoms with Gasteiger partial charge < -0.3 is 9.64 Å². The molecule has 1 saturated heterocycles. The van der Waals surface area contributed by atoms with E-state index < -0.39 is 0 Å². The molecule has 0 N–H and O–H groups in total. The number of hydrogen-bond donors (Lipinski definition) is 0. The third kappa shape index (κ3) is 4.57. The van der Waals surface area contributed by atoms with Crippen molar-refractivity contribution in [3.63, 3.8) is 0 Å². The zero-order chi connectivity index (χ0) is 18.5. The number of hydrogen-bond acceptors (Lipinski definition) is 3. The first-order chi connectivity index (χ1) is 12.6. The van der Waals surface area contributed by atoms with Crippen LogP contribution in [0.25, 0.3) is 0 Å². The van der Waals surface area contributed by atoms with Crippen LogP contribution in [0.5, 0.6) is 5.75 Å². The number of nitrogens with zero attached hydrogens (tertiary/aromatic N) is 2. The van der Waals surface area contributed by atoms with Crippen LogP contribution >= 0.6 is 11.6 Å². The standard InChI is InChI=1S/C21H25ClN2O2/c1-23(14-16-6-3-8-18(22)12-16)21(25)15-24-11-5-10-20(24)17-7-4-9-19(13-17)26-2/h3-4,6-9,12-13,20H,5,10-11,14-15H2,1-2H3. The summed E-state index contributed by atoms with van der Waals surface area (Å²) in [5.41, 5.74) is 2.26. The van der Waals surface area contributed by atoms with Crippen LogP contribution in [-0.4, -0.2) is 43.0 Å². The smallest absolute Gasteiger partial charge is 0.236 e. The molecule has 0 spiro atoms. The largest absolute Gasteiger partial charge is 0.497 e. The van der Waals surface area contributed by atoms with E-state index in [0.717, 1.165) is 30.7 Å². The van der Waals surface area contributed by atoms with Gasteiger partial charge in [-0.05, 0) is 54.8 Å². The third-order valence-corrected chi connectivity index (χ3v) is 5.15. The molecule has 2 aromatic rings. The molecule has 1 aliphatic heterocycles. The van der Waals surface area contributed by atoms with E-state index in [4.69, 9.17) is 16.3 Å². The highest BCUT2D eigenvalue weighted by Gasteiger charge is 2.28. The van der Waals surface area contributed by atoms with E-state index in [1.165, 1.54) is 5.56 Å². The first-order valence-electron chi connectivity index (χ1n) is 8.93. The Morgan fingerprint density at radius 2 is 2.08 bits per heavy atom. The van der Waals surface area contributed by atoms with Gasteiger partial charge in [-0.15, -0.1) is 0 Å². The fourth-order valence-corrected chi connectivity index (χ4v) is 3.75. The van der Waals surface area contributed by atoms with Gasteiger partial charge in [0, 0.05) is 24.7 Å².